The van der Waals surface area contributed by atoms with Crippen LogP contribution in [0.25, 0.3) is 10.4 Å². The Morgan fingerprint density at radius 1 is 1.63 bits per heavy atom. The van der Waals surface area contributed by atoms with E-state index in [1.54, 1.807) is 11.0 Å². The van der Waals surface area contributed by atoms with Crippen molar-refractivity contribution in [2.75, 3.05) is 18.0 Å². The molecular formula is C13H13N5O. The number of carbonyl (C=O) groups is 1. The molecule has 1 aliphatic heterocycles. The highest BCUT2D eigenvalue weighted by molar-refractivity contribution is 5.97. The molecule has 0 radical (unpaired) electrons. The standard InChI is InChI=1S/C13H13N5O/c1-9-2-3-11(6-14)12(4-9)18-8-10(5-13(18)19)7-16-17-15/h2-4,10H,5,7-8H2,1H3. The Morgan fingerprint density at radius 2 is 2.42 bits per heavy atom. The van der Waals surface area contributed by atoms with Crippen LogP contribution in [-0.4, -0.2) is 19.0 Å². The van der Waals surface area contributed by atoms with Crippen LogP contribution in [-0.2, 0) is 4.79 Å². The fourth-order valence-electron chi connectivity index (χ4n) is 2.25. The summed E-state index contributed by atoms with van der Waals surface area (Å²) in [5.41, 5.74) is 10.4. The lowest BCUT2D eigenvalue weighted by Crippen LogP contribution is -2.25. The van der Waals surface area contributed by atoms with Gasteiger partial charge in [-0.05, 0) is 36.1 Å². The van der Waals surface area contributed by atoms with E-state index in [1.807, 2.05) is 19.1 Å². The van der Waals surface area contributed by atoms with Gasteiger partial charge in [-0.3, -0.25) is 4.79 Å². The van der Waals surface area contributed by atoms with E-state index in [9.17, 15) is 4.79 Å². The zero-order valence-corrected chi connectivity index (χ0v) is 10.6. The summed E-state index contributed by atoms with van der Waals surface area (Å²) in [6.07, 6.45) is 0.359. The van der Waals surface area contributed by atoms with Gasteiger partial charge in [-0.25, -0.2) is 0 Å². The SMILES string of the molecule is Cc1ccc(C#N)c(N2CC(CN=[N+]=[N-])CC2=O)c1. The smallest absolute Gasteiger partial charge is 0.227 e. The van der Waals surface area contributed by atoms with Crippen LogP contribution < -0.4 is 4.90 Å². The maximum absolute atomic E-state index is 12.0. The number of amides is 1. The quantitative estimate of drug-likeness (QED) is 0.471. The van der Waals surface area contributed by atoms with Gasteiger partial charge < -0.3 is 4.90 Å². The van der Waals surface area contributed by atoms with Crippen molar-refractivity contribution in [1.29, 1.82) is 5.26 Å². The Bertz CT molecular complexity index is 598. The number of azide groups is 1. The van der Waals surface area contributed by atoms with E-state index in [1.165, 1.54) is 0 Å². The van der Waals surface area contributed by atoms with Crippen LogP contribution in [0.1, 0.15) is 17.5 Å². The van der Waals surface area contributed by atoms with Crippen LogP contribution in [0, 0.1) is 24.2 Å². The van der Waals surface area contributed by atoms with Crippen LogP contribution in [0.2, 0.25) is 0 Å². The molecule has 1 atom stereocenters. The summed E-state index contributed by atoms with van der Waals surface area (Å²) in [4.78, 5) is 16.3. The Balaban J connectivity index is 2.28. The number of hydrogen-bond acceptors (Lipinski definition) is 3. The molecule has 1 fully saturated rings. The minimum Gasteiger partial charge on any atom is -0.311 e. The lowest BCUT2D eigenvalue weighted by Gasteiger charge is -2.18. The third-order valence-corrected chi connectivity index (χ3v) is 3.17. The number of anilines is 1. The fourth-order valence-corrected chi connectivity index (χ4v) is 2.25. The highest BCUT2D eigenvalue weighted by atomic mass is 16.2. The van der Waals surface area contributed by atoms with E-state index < -0.39 is 0 Å². The zero-order valence-electron chi connectivity index (χ0n) is 10.6. The van der Waals surface area contributed by atoms with E-state index in [0.717, 1.165) is 5.56 Å². The van der Waals surface area contributed by atoms with Crippen LogP contribution in [0.5, 0.6) is 0 Å². The van der Waals surface area contributed by atoms with Crippen molar-refractivity contribution in [3.8, 4) is 6.07 Å². The summed E-state index contributed by atoms with van der Waals surface area (Å²) in [6, 6.07) is 7.51. The third kappa shape index (κ3) is 2.67. The van der Waals surface area contributed by atoms with Crippen LogP contribution in [0.3, 0.4) is 0 Å². The van der Waals surface area contributed by atoms with Gasteiger partial charge in [0, 0.05) is 24.4 Å². The largest absolute Gasteiger partial charge is 0.311 e. The molecule has 0 saturated carbocycles. The first-order valence-corrected chi connectivity index (χ1v) is 5.97. The van der Waals surface area contributed by atoms with Gasteiger partial charge in [0.15, 0.2) is 0 Å². The number of hydrogen-bond donors (Lipinski definition) is 0. The monoisotopic (exact) mass is 255 g/mol. The Kier molecular flexibility index (Phi) is 3.69. The second-order valence-corrected chi connectivity index (χ2v) is 4.62. The van der Waals surface area contributed by atoms with Crippen molar-refractivity contribution in [2.24, 2.45) is 11.0 Å². The molecular weight excluding hydrogens is 242 g/mol. The summed E-state index contributed by atoms with van der Waals surface area (Å²) in [6.45, 7) is 2.73. The average Bonchev–Trinajstić information content (AvgIpc) is 2.77. The number of aryl methyl sites for hydroxylation is 1. The van der Waals surface area contributed by atoms with Crippen LogP contribution in [0.15, 0.2) is 23.3 Å². The van der Waals surface area contributed by atoms with Crippen LogP contribution >= 0.6 is 0 Å². The molecule has 96 valence electrons. The van der Waals surface area contributed by atoms with Gasteiger partial charge >= 0.3 is 0 Å². The van der Waals surface area contributed by atoms with Crippen molar-refractivity contribution < 1.29 is 4.79 Å². The molecule has 1 unspecified atom stereocenters. The highest BCUT2D eigenvalue weighted by Gasteiger charge is 2.31. The Labute approximate surface area is 110 Å². The van der Waals surface area contributed by atoms with Crippen molar-refractivity contribution in [3.63, 3.8) is 0 Å². The molecule has 6 nitrogen and oxygen atoms in total. The van der Waals surface area contributed by atoms with Crippen molar-refractivity contribution in [2.45, 2.75) is 13.3 Å². The van der Waals surface area contributed by atoms with Gasteiger partial charge in [-0.1, -0.05) is 11.2 Å². The Morgan fingerprint density at radius 3 is 3.11 bits per heavy atom. The van der Waals surface area contributed by atoms with Gasteiger partial charge in [0.1, 0.15) is 6.07 Å². The van der Waals surface area contributed by atoms with E-state index in [4.69, 9.17) is 10.8 Å². The molecule has 0 bridgehead atoms. The topological polar surface area (TPSA) is 92.9 Å². The maximum Gasteiger partial charge on any atom is 0.227 e. The summed E-state index contributed by atoms with van der Waals surface area (Å²) in [5, 5.41) is 12.6. The number of nitriles is 1. The lowest BCUT2D eigenvalue weighted by molar-refractivity contribution is -0.117. The highest BCUT2D eigenvalue weighted by Crippen LogP contribution is 2.28. The molecule has 1 aromatic carbocycles. The first kappa shape index (κ1) is 12.9. The molecule has 6 heteroatoms. The predicted octanol–water partition coefficient (Wildman–Crippen LogP) is 2.53. The van der Waals surface area contributed by atoms with Gasteiger partial charge in [-0.2, -0.15) is 5.26 Å². The molecule has 1 aromatic rings. The number of rotatable bonds is 3. The predicted molar refractivity (Wildman–Crippen MR) is 70.4 cm³/mol. The molecule has 0 N–H and O–H groups in total. The molecule has 0 aromatic heterocycles. The van der Waals surface area contributed by atoms with E-state index in [-0.39, 0.29) is 11.8 Å². The normalized spacial score (nSPS) is 18.0. The van der Waals surface area contributed by atoms with Crippen LogP contribution in [0.4, 0.5) is 5.69 Å². The van der Waals surface area contributed by atoms with E-state index in [2.05, 4.69) is 16.1 Å². The first-order valence-electron chi connectivity index (χ1n) is 5.97. The average molecular weight is 255 g/mol. The summed E-state index contributed by atoms with van der Waals surface area (Å²) >= 11 is 0. The fraction of sp³-hybridized carbons (Fsp3) is 0.385. The third-order valence-electron chi connectivity index (χ3n) is 3.17. The second-order valence-electron chi connectivity index (χ2n) is 4.62. The number of nitrogens with zero attached hydrogens (tertiary/aromatic N) is 5. The van der Waals surface area contributed by atoms with Gasteiger partial charge in [0.2, 0.25) is 5.91 Å². The molecule has 1 amide bonds. The maximum atomic E-state index is 12.0. The van der Waals surface area contributed by atoms with Crippen molar-refractivity contribution >= 4 is 11.6 Å². The van der Waals surface area contributed by atoms with Gasteiger partial charge in [0.05, 0.1) is 11.3 Å². The summed E-state index contributed by atoms with van der Waals surface area (Å²) in [7, 11) is 0. The molecule has 0 spiro atoms. The van der Waals surface area contributed by atoms with E-state index in [0.29, 0.717) is 30.8 Å². The molecule has 1 aliphatic rings. The number of carbonyl (C=O) groups excluding carboxylic acids is 1. The minimum atomic E-state index is -0.0276. The summed E-state index contributed by atoms with van der Waals surface area (Å²) in [5.74, 6) is -0.00399. The first-order chi connectivity index (χ1) is 9.15. The molecule has 1 saturated heterocycles. The van der Waals surface area contributed by atoms with E-state index >= 15 is 0 Å². The minimum absolute atomic E-state index is 0.0236. The molecule has 19 heavy (non-hydrogen) atoms. The molecule has 2 rings (SSSR count). The second kappa shape index (κ2) is 5.42. The zero-order chi connectivity index (χ0) is 13.8. The van der Waals surface area contributed by atoms with Gasteiger partial charge in [0.25, 0.3) is 0 Å². The van der Waals surface area contributed by atoms with Gasteiger partial charge in [-0.15, -0.1) is 0 Å². The number of benzene rings is 1. The lowest BCUT2D eigenvalue weighted by atomic mass is 10.1. The Hall–Kier alpha value is -2.51. The molecule has 1 heterocycles. The molecule has 0 aliphatic carbocycles. The van der Waals surface area contributed by atoms with Crippen molar-refractivity contribution in [3.05, 3.63) is 39.8 Å². The summed E-state index contributed by atoms with van der Waals surface area (Å²) < 4.78 is 0. The van der Waals surface area contributed by atoms with Crippen molar-refractivity contribution in [1.82, 2.24) is 0 Å².